The number of ketones is 1. The maximum atomic E-state index is 13.1. The normalized spacial score (nSPS) is 20.9. The first-order valence-corrected chi connectivity index (χ1v) is 8.90. The maximum absolute atomic E-state index is 13.1. The minimum atomic E-state index is -0.729. The van der Waals surface area contributed by atoms with Crippen LogP contribution in [-0.2, 0) is 9.53 Å². The van der Waals surface area contributed by atoms with Gasteiger partial charge in [0.2, 0.25) is 5.88 Å². The average molecular weight is 384 g/mol. The summed E-state index contributed by atoms with van der Waals surface area (Å²) in [6.45, 7) is 4.00. The Balaban J connectivity index is 2.31. The average Bonchev–Trinajstić information content (AvgIpc) is 2.64. The van der Waals surface area contributed by atoms with Crippen molar-refractivity contribution in [1.82, 2.24) is 0 Å². The number of benzene rings is 1. The molecule has 0 unspecified atom stereocenters. The molecule has 0 bridgehead atoms. The van der Waals surface area contributed by atoms with E-state index in [0.717, 1.165) is 0 Å². The van der Waals surface area contributed by atoms with Gasteiger partial charge in [0.05, 0.1) is 27.2 Å². The van der Waals surface area contributed by atoms with Crippen molar-refractivity contribution in [3.63, 3.8) is 0 Å². The summed E-state index contributed by atoms with van der Waals surface area (Å²) in [7, 11) is 4.56. The molecule has 2 N–H and O–H groups in total. The third-order valence-corrected chi connectivity index (χ3v) is 5.12. The van der Waals surface area contributed by atoms with Gasteiger partial charge in [0, 0.05) is 36.1 Å². The Bertz CT molecular complexity index is 912. The first-order chi connectivity index (χ1) is 13.3. The van der Waals surface area contributed by atoms with Gasteiger partial charge in [-0.05, 0) is 5.41 Å². The fraction of sp³-hybridized carbons (Fsp3) is 0.429. The standard InChI is InChI=1S/C21H24N2O5/c1-21(2)8-13(24)18-16(9-21)28-20(23)12(10-22)17(18)19-14(26-4)6-11(25-3)7-15(19)27-5/h6-7,17H,8-9,23H2,1-5H3/t17-/m1/s1. The molecule has 7 nitrogen and oxygen atoms in total. The van der Waals surface area contributed by atoms with E-state index in [2.05, 4.69) is 6.07 Å². The van der Waals surface area contributed by atoms with Crippen LogP contribution in [0.4, 0.5) is 0 Å². The summed E-state index contributed by atoms with van der Waals surface area (Å²) < 4.78 is 22.2. The molecule has 1 heterocycles. The minimum Gasteiger partial charge on any atom is -0.496 e. The molecule has 0 saturated heterocycles. The summed E-state index contributed by atoms with van der Waals surface area (Å²) in [5.41, 5.74) is 6.98. The van der Waals surface area contributed by atoms with E-state index in [1.54, 1.807) is 12.1 Å². The van der Waals surface area contributed by atoms with E-state index in [1.807, 2.05) is 13.8 Å². The van der Waals surface area contributed by atoms with Crippen molar-refractivity contribution in [3.05, 3.63) is 40.5 Å². The lowest BCUT2D eigenvalue weighted by Gasteiger charge is -2.37. The fourth-order valence-corrected chi connectivity index (χ4v) is 3.89. The quantitative estimate of drug-likeness (QED) is 0.850. The number of ether oxygens (including phenoxy) is 4. The zero-order valence-electron chi connectivity index (χ0n) is 16.7. The van der Waals surface area contributed by atoms with Crippen molar-refractivity contribution in [2.75, 3.05) is 21.3 Å². The molecule has 1 atom stereocenters. The summed E-state index contributed by atoms with van der Waals surface area (Å²) in [4.78, 5) is 13.1. The van der Waals surface area contributed by atoms with Crippen molar-refractivity contribution < 1.29 is 23.7 Å². The second-order valence-corrected chi connectivity index (χ2v) is 7.65. The Hall–Kier alpha value is -3.14. The zero-order chi connectivity index (χ0) is 20.6. The number of hydrogen-bond acceptors (Lipinski definition) is 7. The van der Waals surface area contributed by atoms with Gasteiger partial charge < -0.3 is 24.7 Å². The number of nitrogens with zero attached hydrogens (tertiary/aromatic N) is 1. The molecule has 0 amide bonds. The van der Waals surface area contributed by atoms with E-state index in [9.17, 15) is 10.1 Å². The molecule has 148 valence electrons. The highest BCUT2D eigenvalue weighted by Crippen LogP contribution is 2.52. The highest BCUT2D eigenvalue weighted by Gasteiger charge is 2.44. The molecule has 0 saturated carbocycles. The topological polar surface area (TPSA) is 104 Å². The minimum absolute atomic E-state index is 0.00308. The molecule has 0 spiro atoms. The molecule has 28 heavy (non-hydrogen) atoms. The van der Waals surface area contributed by atoms with E-state index < -0.39 is 5.92 Å². The monoisotopic (exact) mass is 384 g/mol. The smallest absolute Gasteiger partial charge is 0.205 e. The number of methoxy groups -OCH3 is 3. The van der Waals surface area contributed by atoms with E-state index in [0.29, 0.717) is 47.0 Å². The maximum Gasteiger partial charge on any atom is 0.205 e. The van der Waals surface area contributed by atoms with E-state index in [4.69, 9.17) is 24.7 Å². The van der Waals surface area contributed by atoms with Crippen molar-refractivity contribution >= 4 is 5.78 Å². The van der Waals surface area contributed by atoms with Gasteiger partial charge in [0.15, 0.2) is 5.78 Å². The molecule has 3 rings (SSSR count). The number of nitrogens with two attached hydrogens (primary N) is 1. The van der Waals surface area contributed by atoms with Crippen LogP contribution in [0.1, 0.15) is 38.2 Å². The summed E-state index contributed by atoms with van der Waals surface area (Å²) >= 11 is 0. The Morgan fingerprint density at radius 3 is 2.25 bits per heavy atom. The highest BCUT2D eigenvalue weighted by atomic mass is 16.5. The number of carbonyl (C=O) groups is 1. The van der Waals surface area contributed by atoms with Crippen LogP contribution in [0.3, 0.4) is 0 Å². The highest BCUT2D eigenvalue weighted by molar-refractivity contribution is 6.00. The molecule has 7 heteroatoms. The Labute approximate surface area is 164 Å². The van der Waals surface area contributed by atoms with Gasteiger partial charge in [-0.3, -0.25) is 4.79 Å². The molecule has 1 aromatic carbocycles. The van der Waals surface area contributed by atoms with Crippen LogP contribution in [-0.4, -0.2) is 27.1 Å². The summed E-state index contributed by atoms with van der Waals surface area (Å²) in [5, 5.41) is 9.79. The van der Waals surface area contributed by atoms with Gasteiger partial charge in [0.1, 0.15) is 34.7 Å². The fourth-order valence-electron chi connectivity index (χ4n) is 3.89. The van der Waals surface area contributed by atoms with Crippen molar-refractivity contribution in [2.24, 2.45) is 11.1 Å². The third kappa shape index (κ3) is 3.15. The molecule has 1 aromatic rings. The molecular weight excluding hydrogens is 360 g/mol. The second-order valence-electron chi connectivity index (χ2n) is 7.65. The van der Waals surface area contributed by atoms with Crippen LogP contribution < -0.4 is 19.9 Å². The van der Waals surface area contributed by atoms with E-state index >= 15 is 0 Å². The van der Waals surface area contributed by atoms with E-state index in [-0.39, 0.29) is 22.7 Å². The lowest BCUT2D eigenvalue weighted by molar-refractivity contribution is -0.119. The SMILES string of the molecule is COc1cc(OC)c([C@@H]2C(C#N)=C(N)OC3=C2C(=O)CC(C)(C)C3)c(OC)c1. The van der Waals surface area contributed by atoms with Gasteiger partial charge in [-0.2, -0.15) is 5.26 Å². The first-order valence-electron chi connectivity index (χ1n) is 8.90. The molecule has 1 aliphatic carbocycles. The predicted molar refractivity (Wildman–Crippen MR) is 102 cm³/mol. The molecule has 0 radical (unpaired) electrons. The van der Waals surface area contributed by atoms with Gasteiger partial charge >= 0.3 is 0 Å². The van der Waals surface area contributed by atoms with E-state index in [1.165, 1.54) is 21.3 Å². The van der Waals surface area contributed by atoms with Crippen molar-refractivity contribution in [2.45, 2.75) is 32.6 Å². The third-order valence-electron chi connectivity index (χ3n) is 5.12. The molecule has 0 fully saturated rings. The van der Waals surface area contributed by atoms with Gasteiger partial charge in [0.25, 0.3) is 0 Å². The molecule has 0 aromatic heterocycles. The summed E-state index contributed by atoms with van der Waals surface area (Å²) in [6, 6.07) is 5.49. The van der Waals surface area contributed by atoms with Crippen LogP contribution in [0.2, 0.25) is 0 Å². The lowest BCUT2D eigenvalue weighted by atomic mass is 9.70. The lowest BCUT2D eigenvalue weighted by Crippen LogP contribution is -2.33. The first kappa shape index (κ1) is 19.6. The Morgan fingerprint density at radius 1 is 1.14 bits per heavy atom. The van der Waals surface area contributed by atoms with Crippen molar-refractivity contribution in [3.8, 4) is 23.3 Å². The number of carbonyl (C=O) groups excluding carboxylic acids is 1. The number of Topliss-reactive ketones (excluding diaryl/α,β-unsaturated/α-hetero) is 1. The Morgan fingerprint density at radius 2 is 1.75 bits per heavy atom. The van der Waals surface area contributed by atoms with Crippen LogP contribution >= 0.6 is 0 Å². The van der Waals surface area contributed by atoms with Crippen LogP contribution in [0.15, 0.2) is 34.9 Å². The number of rotatable bonds is 4. The largest absolute Gasteiger partial charge is 0.496 e. The van der Waals surface area contributed by atoms with Gasteiger partial charge in [-0.25, -0.2) is 0 Å². The molecular formula is C21H24N2O5. The van der Waals surface area contributed by atoms with Crippen LogP contribution in [0.5, 0.6) is 17.2 Å². The Kier molecular flexibility index (Phi) is 4.99. The van der Waals surface area contributed by atoms with Gasteiger partial charge in [-0.1, -0.05) is 13.8 Å². The summed E-state index contributed by atoms with van der Waals surface area (Å²) in [5.74, 6) is 1.11. The number of allylic oxidation sites excluding steroid dienone is 3. The van der Waals surface area contributed by atoms with Crippen LogP contribution in [0.25, 0.3) is 0 Å². The number of nitriles is 1. The van der Waals surface area contributed by atoms with Crippen molar-refractivity contribution in [1.29, 1.82) is 5.26 Å². The second kappa shape index (κ2) is 7.12. The zero-order valence-corrected chi connectivity index (χ0v) is 16.7. The predicted octanol–water partition coefficient (Wildman–Crippen LogP) is 3.16. The summed E-state index contributed by atoms with van der Waals surface area (Å²) in [6.07, 6.45) is 0.899. The van der Waals surface area contributed by atoms with Gasteiger partial charge in [-0.15, -0.1) is 0 Å². The number of hydrogen-bond donors (Lipinski definition) is 1. The van der Waals surface area contributed by atoms with Crippen LogP contribution in [0, 0.1) is 16.7 Å². The molecule has 2 aliphatic rings. The molecule has 1 aliphatic heterocycles.